The number of benzene rings is 2. The fourth-order valence-corrected chi connectivity index (χ4v) is 4.91. The van der Waals surface area contributed by atoms with Crippen LogP contribution in [0.4, 0.5) is 8.78 Å². The van der Waals surface area contributed by atoms with E-state index in [4.69, 9.17) is 16.3 Å². The van der Waals surface area contributed by atoms with Crippen molar-refractivity contribution >= 4 is 28.5 Å². The quantitative estimate of drug-likeness (QED) is 0.399. The van der Waals surface area contributed by atoms with Gasteiger partial charge in [-0.2, -0.15) is 0 Å². The average molecular weight is 513 g/mol. The van der Waals surface area contributed by atoms with E-state index in [-0.39, 0.29) is 17.4 Å². The van der Waals surface area contributed by atoms with Gasteiger partial charge in [-0.05, 0) is 79.8 Å². The molecule has 4 rings (SSSR count). The van der Waals surface area contributed by atoms with E-state index in [1.807, 2.05) is 4.90 Å². The topological polar surface area (TPSA) is 62.7 Å². The monoisotopic (exact) mass is 512 g/mol. The van der Waals surface area contributed by atoms with Crippen molar-refractivity contribution in [1.82, 2.24) is 9.88 Å². The molecular formula is C28H27ClF2N2O3. The zero-order valence-corrected chi connectivity index (χ0v) is 20.6. The first kappa shape index (κ1) is 25.9. The summed E-state index contributed by atoms with van der Waals surface area (Å²) in [6, 6.07) is 11.3. The number of hydrogen-bond acceptors (Lipinski definition) is 4. The number of carboxylic acid groups (broad SMARTS) is 1. The normalized spacial score (nSPS) is 18.9. The van der Waals surface area contributed by atoms with Gasteiger partial charge >= 0.3 is 5.97 Å². The number of rotatable bonds is 7. The Morgan fingerprint density at radius 2 is 2.14 bits per heavy atom. The zero-order chi connectivity index (χ0) is 25.7. The van der Waals surface area contributed by atoms with Crippen LogP contribution in [0.3, 0.4) is 0 Å². The predicted octanol–water partition coefficient (Wildman–Crippen LogP) is 5.90. The summed E-state index contributed by atoms with van der Waals surface area (Å²) in [5.74, 6) is 4.50. The lowest BCUT2D eigenvalue weighted by Gasteiger charge is -2.35. The van der Waals surface area contributed by atoms with E-state index in [0.29, 0.717) is 60.3 Å². The molecular weight excluding hydrogens is 486 g/mol. The van der Waals surface area contributed by atoms with Crippen LogP contribution >= 0.6 is 11.6 Å². The Hall–Kier alpha value is -3.21. The van der Waals surface area contributed by atoms with Crippen LogP contribution in [0, 0.1) is 29.5 Å². The molecule has 0 amide bonds. The van der Waals surface area contributed by atoms with Gasteiger partial charge in [0.15, 0.2) is 0 Å². The molecule has 3 atom stereocenters. The van der Waals surface area contributed by atoms with Crippen LogP contribution < -0.4 is 4.74 Å². The molecule has 0 saturated carbocycles. The highest BCUT2D eigenvalue weighted by molar-refractivity contribution is 6.30. The highest BCUT2D eigenvalue weighted by Crippen LogP contribution is 2.35. The van der Waals surface area contributed by atoms with Crippen LogP contribution in [0.2, 0.25) is 5.02 Å². The first-order valence-corrected chi connectivity index (χ1v) is 12.2. The fourth-order valence-electron chi connectivity index (χ4n) is 4.73. The lowest BCUT2D eigenvalue weighted by Crippen LogP contribution is -2.44. The van der Waals surface area contributed by atoms with E-state index >= 15 is 4.39 Å². The van der Waals surface area contributed by atoms with Gasteiger partial charge in [0, 0.05) is 23.7 Å². The highest BCUT2D eigenvalue weighted by Gasteiger charge is 2.34. The lowest BCUT2D eigenvalue weighted by atomic mass is 9.81. The molecule has 1 saturated heterocycles. The van der Waals surface area contributed by atoms with Gasteiger partial charge in [-0.25, -0.2) is 8.78 Å². The van der Waals surface area contributed by atoms with Gasteiger partial charge in [-0.1, -0.05) is 23.4 Å². The number of hydrogen-bond donors (Lipinski definition) is 1. The Morgan fingerprint density at radius 1 is 1.31 bits per heavy atom. The van der Waals surface area contributed by atoms with Crippen LogP contribution in [0.15, 0.2) is 48.7 Å². The lowest BCUT2D eigenvalue weighted by molar-refractivity contribution is -0.146. The largest absolute Gasteiger partial charge is 0.497 e. The van der Waals surface area contributed by atoms with E-state index in [0.717, 1.165) is 0 Å². The van der Waals surface area contributed by atoms with E-state index in [1.54, 1.807) is 43.6 Å². The molecule has 0 aliphatic carbocycles. The molecule has 2 aromatic carbocycles. The molecule has 0 unspecified atom stereocenters. The molecule has 1 N–H and O–H groups in total. The summed E-state index contributed by atoms with van der Waals surface area (Å²) in [6.45, 7) is 1.42. The van der Waals surface area contributed by atoms with E-state index in [1.165, 1.54) is 12.1 Å². The summed E-state index contributed by atoms with van der Waals surface area (Å²) in [7, 11) is 1.56. The minimum atomic E-state index is -1.23. The third kappa shape index (κ3) is 6.13. The number of carbonyl (C=O) groups is 1. The number of ether oxygens (including phenoxy) is 1. The third-order valence-electron chi connectivity index (χ3n) is 6.72. The maximum absolute atomic E-state index is 15.4. The van der Waals surface area contributed by atoms with E-state index in [2.05, 4.69) is 16.8 Å². The summed E-state index contributed by atoms with van der Waals surface area (Å²) in [5.41, 5.74) is 1.83. The summed E-state index contributed by atoms with van der Waals surface area (Å²) in [6.07, 6.45) is 1.72. The Balaban J connectivity index is 1.37. The van der Waals surface area contributed by atoms with Crippen LogP contribution in [-0.4, -0.2) is 47.7 Å². The first-order valence-electron chi connectivity index (χ1n) is 11.8. The van der Waals surface area contributed by atoms with Gasteiger partial charge in [-0.3, -0.25) is 14.7 Å². The van der Waals surface area contributed by atoms with Crippen LogP contribution in [0.5, 0.6) is 5.75 Å². The Morgan fingerprint density at radius 3 is 2.89 bits per heavy atom. The zero-order valence-electron chi connectivity index (χ0n) is 19.9. The molecule has 3 aromatic rings. The number of halogens is 3. The number of nitrogens with zero attached hydrogens (tertiary/aromatic N) is 2. The van der Waals surface area contributed by atoms with Crippen LogP contribution in [0.25, 0.3) is 10.9 Å². The van der Waals surface area contributed by atoms with Crippen molar-refractivity contribution in [1.29, 1.82) is 0 Å². The maximum atomic E-state index is 15.4. The van der Waals surface area contributed by atoms with Crippen molar-refractivity contribution in [3.05, 3.63) is 70.6 Å². The molecule has 1 aromatic heterocycles. The van der Waals surface area contributed by atoms with Crippen molar-refractivity contribution in [2.45, 2.75) is 25.4 Å². The van der Waals surface area contributed by atoms with Gasteiger partial charge in [-0.15, -0.1) is 0 Å². The molecule has 188 valence electrons. The van der Waals surface area contributed by atoms with Crippen LogP contribution in [-0.2, 0) is 4.79 Å². The second kappa shape index (κ2) is 11.7. The van der Waals surface area contributed by atoms with Crippen molar-refractivity contribution in [3.63, 3.8) is 0 Å². The fraction of sp³-hybridized carbons (Fsp3) is 0.357. The number of piperidine rings is 1. The number of alkyl halides is 1. The molecule has 1 aliphatic rings. The molecule has 5 nitrogen and oxygen atoms in total. The Labute approximate surface area is 214 Å². The smallest absolute Gasteiger partial charge is 0.308 e. The van der Waals surface area contributed by atoms with E-state index in [9.17, 15) is 14.3 Å². The summed E-state index contributed by atoms with van der Waals surface area (Å²) in [4.78, 5) is 18.3. The highest BCUT2D eigenvalue weighted by atomic mass is 35.5. The number of fused-ring (bicyclic) bond motifs is 1. The van der Waals surface area contributed by atoms with Crippen LogP contribution in [0.1, 0.15) is 36.6 Å². The second-order valence-corrected chi connectivity index (χ2v) is 9.39. The molecule has 8 heteroatoms. The molecule has 0 bridgehead atoms. The minimum Gasteiger partial charge on any atom is -0.497 e. The van der Waals surface area contributed by atoms with E-state index < -0.39 is 23.9 Å². The molecule has 36 heavy (non-hydrogen) atoms. The summed E-state index contributed by atoms with van der Waals surface area (Å²) < 4.78 is 33.9. The van der Waals surface area contributed by atoms with Crippen molar-refractivity contribution in [2.75, 3.05) is 26.7 Å². The standard InChI is InChI=1S/C28H27ClF2N2O3/c1-36-20-6-9-27-22(16-20)21(10-12-32-27)25(30)8-5-19-11-14-33(17-23(19)28(34)35)13-2-3-18-4-7-26(31)24(29)15-18/h4,6-7,9-10,12,15-16,19,23,25H,5,8,11,13-14,17H2,1H3,(H,34,35)/t19-,23+,25+/m1/s1. The second-order valence-electron chi connectivity index (χ2n) is 8.99. The SMILES string of the molecule is COc1ccc2nccc([C@@H](F)CC[C@@H]3CCN(CC#Cc4ccc(F)c(Cl)c4)C[C@@H]3C(=O)O)c2c1. The number of carboxylic acids is 1. The summed E-state index contributed by atoms with van der Waals surface area (Å²) >= 11 is 5.79. The van der Waals surface area contributed by atoms with Crippen molar-refractivity contribution in [3.8, 4) is 17.6 Å². The Bertz CT molecular complexity index is 1310. The van der Waals surface area contributed by atoms with Gasteiger partial charge in [0.05, 0.1) is 30.1 Å². The Kier molecular flexibility index (Phi) is 8.40. The maximum Gasteiger partial charge on any atom is 0.308 e. The van der Waals surface area contributed by atoms with Gasteiger partial charge in [0.2, 0.25) is 0 Å². The third-order valence-corrected chi connectivity index (χ3v) is 7.01. The number of aliphatic carboxylic acids is 1. The molecule has 1 aliphatic heterocycles. The van der Waals surface area contributed by atoms with Gasteiger partial charge in [0.25, 0.3) is 0 Å². The number of aromatic nitrogens is 1. The first-order chi connectivity index (χ1) is 17.4. The molecule has 0 radical (unpaired) electrons. The molecule has 2 heterocycles. The summed E-state index contributed by atoms with van der Waals surface area (Å²) in [5, 5.41) is 10.6. The minimum absolute atomic E-state index is 0.0126. The average Bonchev–Trinajstić information content (AvgIpc) is 2.88. The molecule has 0 spiro atoms. The number of likely N-dealkylation sites (tertiary alicyclic amines) is 1. The van der Waals surface area contributed by atoms with Gasteiger partial charge < -0.3 is 9.84 Å². The number of pyridine rings is 1. The molecule has 1 fully saturated rings. The van der Waals surface area contributed by atoms with Crippen molar-refractivity contribution < 1.29 is 23.4 Å². The number of methoxy groups -OCH3 is 1. The van der Waals surface area contributed by atoms with Gasteiger partial charge in [0.1, 0.15) is 17.7 Å². The van der Waals surface area contributed by atoms with Crippen molar-refractivity contribution in [2.24, 2.45) is 11.8 Å². The predicted molar refractivity (Wildman–Crippen MR) is 135 cm³/mol.